The molecular weight excluding hydrogens is 247 g/mol. The van der Waals surface area contributed by atoms with Crippen LogP contribution in [-0.2, 0) is 17.8 Å². The second-order valence-corrected chi connectivity index (χ2v) is 4.71. The van der Waals surface area contributed by atoms with Gasteiger partial charge in [-0.05, 0) is 6.42 Å². The molecule has 0 amide bonds. The summed E-state index contributed by atoms with van der Waals surface area (Å²) in [6, 6.07) is 9.11. The lowest BCUT2D eigenvalue weighted by molar-refractivity contribution is -0.142. The quantitative estimate of drug-likeness (QED) is 0.901. The van der Waals surface area contributed by atoms with Crippen LogP contribution in [-0.4, -0.2) is 20.6 Å². The van der Waals surface area contributed by atoms with E-state index >= 15 is 0 Å². The molecule has 1 N–H and O–H groups in total. The number of aliphatic carboxylic acids is 1. The first-order chi connectivity index (χ1) is 9.16. The molecule has 1 aromatic carbocycles. The summed E-state index contributed by atoms with van der Waals surface area (Å²) in [4.78, 5) is 15.3. The van der Waals surface area contributed by atoms with Crippen molar-refractivity contribution in [3.8, 4) is 11.3 Å². The number of carboxylic acids is 1. The Balaban J connectivity index is 2.01. The lowest BCUT2D eigenvalue weighted by Gasteiger charge is -2.19. The van der Waals surface area contributed by atoms with E-state index in [1.54, 1.807) is 12.1 Å². The zero-order valence-electron chi connectivity index (χ0n) is 10.2. The molecule has 0 aliphatic carbocycles. The number of nitrogens with zero attached hydrogens (tertiary/aromatic N) is 2. The Hall–Kier alpha value is -2.17. The maximum Gasteiger partial charge on any atom is 0.307 e. The fourth-order valence-corrected chi connectivity index (χ4v) is 2.46. The van der Waals surface area contributed by atoms with Crippen molar-refractivity contribution in [2.45, 2.75) is 19.4 Å². The number of rotatable bonds is 2. The van der Waals surface area contributed by atoms with Crippen molar-refractivity contribution in [3.63, 3.8) is 0 Å². The highest BCUT2D eigenvalue weighted by atomic mass is 19.1. The molecule has 0 spiro atoms. The van der Waals surface area contributed by atoms with Crippen LogP contribution in [0.3, 0.4) is 0 Å². The third-order valence-electron chi connectivity index (χ3n) is 3.51. The van der Waals surface area contributed by atoms with Crippen LogP contribution in [0, 0.1) is 11.9 Å². The predicted octanol–water partition coefficient (Wildman–Crippen LogP) is 2.34. The van der Waals surface area contributed by atoms with Gasteiger partial charge in [0.2, 0.25) is 5.95 Å². The number of hydrogen-bond donors (Lipinski definition) is 1. The van der Waals surface area contributed by atoms with Crippen LogP contribution in [0.5, 0.6) is 0 Å². The number of benzene rings is 1. The van der Waals surface area contributed by atoms with Crippen molar-refractivity contribution in [2.24, 2.45) is 5.92 Å². The summed E-state index contributed by atoms with van der Waals surface area (Å²) < 4.78 is 15.8. The molecule has 19 heavy (non-hydrogen) atoms. The van der Waals surface area contributed by atoms with Crippen molar-refractivity contribution in [1.82, 2.24) is 9.55 Å². The van der Waals surface area contributed by atoms with E-state index in [0.29, 0.717) is 36.5 Å². The largest absolute Gasteiger partial charge is 0.481 e. The summed E-state index contributed by atoms with van der Waals surface area (Å²) in [7, 11) is 0. The molecule has 4 nitrogen and oxygen atoms in total. The first kappa shape index (κ1) is 11.9. The Bertz CT molecular complexity index is 622. The lowest BCUT2D eigenvalue weighted by atomic mass is 9.98. The molecule has 1 atom stereocenters. The Morgan fingerprint density at radius 2 is 2.11 bits per heavy atom. The summed E-state index contributed by atoms with van der Waals surface area (Å²) in [5.41, 5.74) is 1.02. The normalized spacial score (nSPS) is 18.1. The maximum atomic E-state index is 14.3. The number of carboxylic acid groups (broad SMARTS) is 1. The van der Waals surface area contributed by atoms with Gasteiger partial charge in [-0.15, -0.1) is 0 Å². The van der Waals surface area contributed by atoms with E-state index < -0.39 is 11.9 Å². The zero-order valence-corrected chi connectivity index (χ0v) is 10.2. The SMILES string of the molecule is O=C(O)C1CCn2c(nc(-c3ccccc3)c2F)C1. The van der Waals surface area contributed by atoms with Gasteiger partial charge in [0.15, 0.2) is 0 Å². The molecule has 2 heterocycles. The maximum absolute atomic E-state index is 14.3. The smallest absolute Gasteiger partial charge is 0.307 e. The lowest BCUT2D eigenvalue weighted by Crippen LogP contribution is -2.26. The van der Waals surface area contributed by atoms with E-state index in [2.05, 4.69) is 4.98 Å². The van der Waals surface area contributed by atoms with Gasteiger partial charge < -0.3 is 9.67 Å². The van der Waals surface area contributed by atoms with Crippen molar-refractivity contribution in [1.29, 1.82) is 0 Å². The number of aromatic nitrogens is 2. The second-order valence-electron chi connectivity index (χ2n) is 4.71. The fourth-order valence-electron chi connectivity index (χ4n) is 2.46. The Labute approximate surface area is 109 Å². The predicted molar refractivity (Wildman–Crippen MR) is 67.1 cm³/mol. The van der Waals surface area contributed by atoms with E-state index in [9.17, 15) is 9.18 Å². The topological polar surface area (TPSA) is 55.1 Å². The summed E-state index contributed by atoms with van der Waals surface area (Å²) in [5.74, 6) is -1.14. The van der Waals surface area contributed by atoms with Crippen LogP contribution >= 0.6 is 0 Å². The Kier molecular flexibility index (Phi) is 2.81. The molecule has 1 unspecified atom stereocenters. The number of fused-ring (bicyclic) bond motifs is 1. The van der Waals surface area contributed by atoms with E-state index in [1.165, 1.54) is 4.57 Å². The highest BCUT2D eigenvalue weighted by Crippen LogP contribution is 2.28. The summed E-state index contributed by atoms with van der Waals surface area (Å²) in [6.07, 6.45) is 0.739. The third-order valence-corrected chi connectivity index (χ3v) is 3.51. The standard InChI is InChI=1S/C14H13FN2O2/c15-13-12(9-4-2-1-3-5-9)16-11-8-10(14(18)19)6-7-17(11)13/h1-5,10H,6-8H2,(H,18,19). The molecule has 0 fully saturated rings. The highest BCUT2D eigenvalue weighted by molar-refractivity contribution is 5.70. The molecule has 98 valence electrons. The van der Waals surface area contributed by atoms with E-state index in [-0.39, 0.29) is 5.95 Å². The van der Waals surface area contributed by atoms with Crippen molar-refractivity contribution in [3.05, 3.63) is 42.1 Å². The van der Waals surface area contributed by atoms with Gasteiger partial charge in [-0.25, -0.2) is 4.98 Å². The number of imidazole rings is 1. The van der Waals surface area contributed by atoms with Gasteiger partial charge in [-0.1, -0.05) is 30.3 Å². The van der Waals surface area contributed by atoms with Gasteiger partial charge >= 0.3 is 5.97 Å². The van der Waals surface area contributed by atoms with Crippen molar-refractivity contribution >= 4 is 5.97 Å². The molecule has 1 aliphatic rings. The number of carbonyl (C=O) groups is 1. The molecule has 0 saturated carbocycles. The second kappa shape index (κ2) is 4.50. The van der Waals surface area contributed by atoms with Crippen LogP contribution in [0.4, 0.5) is 4.39 Å². The van der Waals surface area contributed by atoms with Crippen LogP contribution < -0.4 is 0 Å². The molecule has 1 aromatic heterocycles. The highest BCUT2D eigenvalue weighted by Gasteiger charge is 2.29. The first-order valence-electron chi connectivity index (χ1n) is 6.20. The van der Waals surface area contributed by atoms with Crippen LogP contribution in [0.25, 0.3) is 11.3 Å². The fraction of sp³-hybridized carbons (Fsp3) is 0.286. The molecule has 2 aromatic rings. The van der Waals surface area contributed by atoms with E-state index in [1.807, 2.05) is 18.2 Å². The Morgan fingerprint density at radius 1 is 1.37 bits per heavy atom. The Morgan fingerprint density at radius 3 is 2.79 bits per heavy atom. The van der Waals surface area contributed by atoms with Gasteiger partial charge in [0.25, 0.3) is 0 Å². The van der Waals surface area contributed by atoms with Gasteiger partial charge in [0.1, 0.15) is 11.5 Å². The zero-order chi connectivity index (χ0) is 13.4. The summed E-state index contributed by atoms with van der Waals surface area (Å²) in [6.45, 7) is 0.373. The average molecular weight is 260 g/mol. The van der Waals surface area contributed by atoms with Gasteiger partial charge in [0, 0.05) is 18.5 Å². The molecule has 0 radical (unpaired) electrons. The average Bonchev–Trinajstić information content (AvgIpc) is 2.76. The van der Waals surface area contributed by atoms with Gasteiger partial charge in [-0.3, -0.25) is 4.79 Å². The molecule has 1 aliphatic heterocycles. The minimum Gasteiger partial charge on any atom is -0.481 e. The van der Waals surface area contributed by atoms with E-state index in [4.69, 9.17) is 5.11 Å². The van der Waals surface area contributed by atoms with Crippen LogP contribution in [0.15, 0.2) is 30.3 Å². The minimum absolute atomic E-state index is 0.291. The summed E-state index contributed by atoms with van der Waals surface area (Å²) >= 11 is 0. The molecular formula is C14H13FN2O2. The van der Waals surface area contributed by atoms with Crippen LogP contribution in [0.2, 0.25) is 0 Å². The molecule has 5 heteroatoms. The molecule has 0 bridgehead atoms. The molecule has 0 saturated heterocycles. The van der Waals surface area contributed by atoms with Gasteiger partial charge in [0.05, 0.1) is 5.92 Å². The first-order valence-corrected chi connectivity index (χ1v) is 6.20. The number of halogens is 1. The number of hydrogen-bond acceptors (Lipinski definition) is 2. The van der Waals surface area contributed by atoms with Crippen LogP contribution in [0.1, 0.15) is 12.2 Å². The summed E-state index contributed by atoms with van der Waals surface area (Å²) in [5, 5.41) is 9.03. The molecule has 3 rings (SSSR count). The third kappa shape index (κ3) is 2.01. The monoisotopic (exact) mass is 260 g/mol. The van der Waals surface area contributed by atoms with Crippen molar-refractivity contribution < 1.29 is 14.3 Å². The van der Waals surface area contributed by atoms with E-state index in [0.717, 1.165) is 0 Å². The minimum atomic E-state index is -0.837. The van der Waals surface area contributed by atoms with Crippen molar-refractivity contribution in [2.75, 3.05) is 0 Å². The van der Waals surface area contributed by atoms with Gasteiger partial charge in [-0.2, -0.15) is 4.39 Å².